The highest BCUT2D eigenvalue weighted by molar-refractivity contribution is 5.92. The van der Waals surface area contributed by atoms with E-state index in [2.05, 4.69) is 20.7 Å². The Morgan fingerprint density at radius 1 is 0.931 bits per heavy atom. The highest BCUT2D eigenvalue weighted by Crippen LogP contribution is 2.08. The lowest BCUT2D eigenvalue weighted by Gasteiger charge is -2.24. The van der Waals surface area contributed by atoms with Gasteiger partial charge in [-0.15, -0.1) is 0 Å². The first-order valence-corrected chi connectivity index (χ1v) is 9.36. The molecular weight excluding hydrogens is 378 g/mol. The van der Waals surface area contributed by atoms with Gasteiger partial charge in [-0.2, -0.15) is 0 Å². The molecule has 0 bridgehead atoms. The molecule has 0 spiro atoms. The molecule has 1 aromatic rings. The van der Waals surface area contributed by atoms with Crippen molar-refractivity contribution in [2.75, 3.05) is 7.11 Å². The van der Waals surface area contributed by atoms with Crippen LogP contribution in [0.15, 0.2) is 30.3 Å². The summed E-state index contributed by atoms with van der Waals surface area (Å²) in [4.78, 5) is 47.9. The predicted molar refractivity (Wildman–Crippen MR) is 106 cm³/mol. The standard InChI is InChI=1S/C20H29N3O6/c1-12(2)10-15(22-17(24)13(3)21-20(28)29-4)18(25)23-16(19(26)27)11-14-8-6-5-7-9-14/h5-9,12-13,15-16H,10-11H2,1-4H3,(H,21,28)(H,22,24)(H,23,25)(H,26,27)/t13-,15+,16+/m1/s1. The predicted octanol–water partition coefficient (Wildman–Crippen LogP) is 1.07. The van der Waals surface area contributed by atoms with E-state index >= 15 is 0 Å². The summed E-state index contributed by atoms with van der Waals surface area (Å²) >= 11 is 0. The Kier molecular flexibility index (Phi) is 9.64. The van der Waals surface area contributed by atoms with Crippen LogP contribution < -0.4 is 16.0 Å². The zero-order valence-corrected chi connectivity index (χ0v) is 17.1. The first kappa shape index (κ1) is 23.9. The highest BCUT2D eigenvalue weighted by Gasteiger charge is 2.29. The van der Waals surface area contributed by atoms with Gasteiger partial charge in [-0.1, -0.05) is 44.2 Å². The van der Waals surface area contributed by atoms with Crippen molar-refractivity contribution in [2.45, 2.75) is 51.7 Å². The zero-order valence-electron chi connectivity index (χ0n) is 17.1. The Labute approximate surface area is 170 Å². The molecule has 0 unspecified atom stereocenters. The Morgan fingerprint density at radius 3 is 2.03 bits per heavy atom. The number of carbonyl (C=O) groups excluding carboxylic acids is 3. The fourth-order valence-electron chi connectivity index (χ4n) is 2.62. The lowest BCUT2D eigenvalue weighted by atomic mass is 10.0. The number of rotatable bonds is 10. The second-order valence-corrected chi connectivity index (χ2v) is 7.14. The normalized spacial score (nSPS) is 13.7. The Morgan fingerprint density at radius 2 is 1.52 bits per heavy atom. The van der Waals surface area contributed by atoms with Gasteiger partial charge in [0.15, 0.2) is 0 Å². The SMILES string of the molecule is COC(=O)N[C@H](C)C(=O)N[C@@H](CC(C)C)C(=O)N[C@@H](Cc1ccccc1)C(=O)O. The molecule has 3 atom stereocenters. The van der Waals surface area contributed by atoms with E-state index < -0.39 is 42.0 Å². The largest absolute Gasteiger partial charge is 0.480 e. The number of aliphatic carboxylic acids is 1. The Hall–Kier alpha value is -3.10. The lowest BCUT2D eigenvalue weighted by molar-refractivity contribution is -0.142. The van der Waals surface area contributed by atoms with Gasteiger partial charge in [0.25, 0.3) is 0 Å². The summed E-state index contributed by atoms with van der Waals surface area (Å²) in [6.07, 6.45) is -0.351. The molecule has 0 aromatic heterocycles. The minimum Gasteiger partial charge on any atom is -0.480 e. The van der Waals surface area contributed by atoms with Crippen LogP contribution in [0.4, 0.5) is 4.79 Å². The summed E-state index contributed by atoms with van der Waals surface area (Å²) in [5.41, 5.74) is 0.764. The van der Waals surface area contributed by atoms with E-state index in [1.807, 2.05) is 19.9 Å². The maximum Gasteiger partial charge on any atom is 0.407 e. The van der Waals surface area contributed by atoms with E-state index in [9.17, 15) is 24.3 Å². The van der Waals surface area contributed by atoms with Gasteiger partial charge in [0, 0.05) is 6.42 Å². The van der Waals surface area contributed by atoms with Crippen LogP contribution in [0.3, 0.4) is 0 Å². The third kappa shape index (κ3) is 8.63. The van der Waals surface area contributed by atoms with Crippen LogP contribution in [0.1, 0.15) is 32.8 Å². The number of hydrogen-bond acceptors (Lipinski definition) is 5. The average molecular weight is 407 g/mol. The molecule has 4 N–H and O–H groups in total. The van der Waals surface area contributed by atoms with Crippen molar-refractivity contribution in [2.24, 2.45) is 5.92 Å². The number of carboxylic acid groups (broad SMARTS) is 1. The molecule has 160 valence electrons. The quantitative estimate of drug-likeness (QED) is 0.458. The average Bonchev–Trinajstić information content (AvgIpc) is 2.66. The number of nitrogens with one attached hydrogen (secondary N) is 3. The van der Waals surface area contributed by atoms with E-state index in [-0.39, 0.29) is 12.3 Å². The van der Waals surface area contributed by atoms with Crippen LogP contribution in [0.5, 0.6) is 0 Å². The number of ether oxygens (including phenoxy) is 1. The first-order valence-electron chi connectivity index (χ1n) is 9.36. The van der Waals surface area contributed by atoms with Crippen LogP contribution in [0.25, 0.3) is 0 Å². The van der Waals surface area contributed by atoms with Gasteiger partial charge in [0.2, 0.25) is 11.8 Å². The van der Waals surface area contributed by atoms with E-state index in [1.165, 1.54) is 14.0 Å². The Balaban J connectivity index is 2.84. The van der Waals surface area contributed by atoms with Gasteiger partial charge in [-0.25, -0.2) is 9.59 Å². The van der Waals surface area contributed by atoms with E-state index in [0.717, 1.165) is 5.56 Å². The number of benzene rings is 1. The maximum absolute atomic E-state index is 12.7. The van der Waals surface area contributed by atoms with Crippen molar-refractivity contribution < 1.29 is 29.0 Å². The molecule has 29 heavy (non-hydrogen) atoms. The summed E-state index contributed by atoms with van der Waals surface area (Å²) in [6, 6.07) is 5.93. The van der Waals surface area contributed by atoms with Crippen molar-refractivity contribution in [3.63, 3.8) is 0 Å². The molecule has 0 heterocycles. The molecule has 0 aliphatic carbocycles. The molecular formula is C20H29N3O6. The number of carboxylic acids is 1. The number of carbonyl (C=O) groups is 4. The molecule has 0 aliphatic heterocycles. The Bertz CT molecular complexity index is 707. The zero-order chi connectivity index (χ0) is 22.0. The van der Waals surface area contributed by atoms with E-state index in [0.29, 0.717) is 6.42 Å². The van der Waals surface area contributed by atoms with Gasteiger partial charge < -0.3 is 25.8 Å². The summed E-state index contributed by atoms with van der Waals surface area (Å²) < 4.78 is 4.45. The lowest BCUT2D eigenvalue weighted by Crippen LogP contribution is -2.55. The molecule has 9 heteroatoms. The molecule has 3 amide bonds. The van der Waals surface area contributed by atoms with Gasteiger partial charge in [0.1, 0.15) is 18.1 Å². The monoisotopic (exact) mass is 407 g/mol. The summed E-state index contributed by atoms with van der Waals surface area (Å²) in [5.74, 6) is -2.28. The van der Waals surface area contributed by atoms with Crippen molar-refractivity contribution >= 4 is 23.9 Å². The van der Waals surface area contributed by atoms with Crippen molar-refractivity contribution in [1.82, 2.24) is 16.0 Å². The number of alkyl carbamates (subject to hydrolysis) is 1. The topological polar surface area (TPSA) is 134 Å². The smallest absolute Gasteiger partial charge is 0.407 e. The molecule has 9 nitrogen and oxygen atoms in total. The fourth-order valence-corrected chi connectivity index (χ4v) is 2.62. The number of amides is 3. The molecule has 0 saturated carbocycles. The first-order chi connectivity index (χ1) is 13.6. The molecule has 1 aromatic carbocycles. The minimum atomic E-state index is -1.17. The highest BCUT2D eigenvalue weighted by atomic mass is 16.5. The third-order valence-electron chi connectivity index (χ3n) is 4.15. The molecule has 0 fully saturated rings. The minimum absolute atomic E-state index is 0.0623. The number of hydrogen-bond donors (Lipinski definition) is 4. The van der Waals surface area contributed by atoms with Crippen LogP contribution in [0.2, 0.25) is 0 Å². The van der Waals surface area contributed by atoms with Crippen LogP contribution >= 0.6 is 0 Å². The second-order valence-electron chi connectivity index (χ2n) is 7.14. The van der Waals surface area contributed by atoms with Crippen molar-refractivity contribution in [3.8, 4) is 0 Å². The van der Waals surface area contributed by atoms with Crippen LogP contribution in [-0.4, -0.2) is 54.2 Å². The summed E-state index contributed by atoms with van der Waals surface area (Å²) in [7, 11) is 1.17. The van der Waals surface area contributed by atoms with Crippen molar-refractivity contribution in [1.29, 1.82) is 0 Å². The van der Waals surface area contributed by atoms with Gasteiger partial charge >= 0.3 is 12.1 Å². The van der Waals surface area contributed by atoms with Gasteiger partial charge in [-0.3, -0.25) is 9.59 Å². The maximum atomic E-state index is 12.7. The fraction of sp³-hybridized carbons (Fsp3) is 0.500. The van der Waals surface area contributed by atoms with Gasteiger partial charge in [-0.05, 0) is 24.8 Å². The summed E-state index contributed by atoms with van der Waals surface area (Å²) in [6.45, 7) is 5.20. The van der Waals surface area contributed by atoms with Crippen LogP contribution in [0, 0.1) is 5.92 Å². The van der Waals surface area contributed by atoms with Gasteiger partial charge in [0.05, 0.1) is 7.11 Å². The second kappa shape index (κ2) is 11.7. The molecule has 1 rings (SSSR count). The van der Waals surface area contributed by atoms with Crippen molar-refractivity contribution in [3.05, 3.63) is 35.9 Å². The third-order valence-corrected chi connectivity index (χ3v) is 4.15. The molecule has 0 radical (unpaired) electrons. The number of methoxy groups -OCH3 is 1. The molecule has 0 saturated heterocycles. The van der Waals surface area contributed by atoms with E-state index in [1.54, 1.807) is 24.3 Å². The van der Waals surface area contributed by atoms with E-state index in [4.69, 9.17) is 0 Å². The summed E-state index contributed by atoms with van der Waals surface area (Å²) in [5, 5.41) is 16.9. The molecule has 0 aliphatic rings. The van der Waals surface area contributed by atoms with Crippen LogP contribution in [-0.2, 0) is 25.5 Å².